The van der Waals surface area contributed by atoms with Gasteiger partial charge in [0.15, 0.2) is 0 Å². The average molecular weight is 341 g/mol. The zero-order chi connectivity index (χ0) is 16.6. The lowest BCUT2D eigenvalue weighted by molar-refractivity contribution is 0.0510. The van der Waals surface area contributed by atoms with Gasteiger partial charge >= 0.3 is 0 Å². The normalized spacial score (nSPS) is 21.5. The van der Waals surface area contributed by atoms with Crippen LogP contribution in [0.25, 0.3) is 0 Å². The van der Waals surface area contributed by atoms with E-state index in [2.05, 4.69) is 9.97 Å². The van der Waals surface area contributed by atoms with Crippen molar-refractivity contribution < 1.29 is 9.53 Å². The second kappa shape index (κ2) is 6.09. The second-order valence-electron chi connectivity index (χ2n) is 6.49. The topological polar surface area (TPSA) is 55.3 Å². The molecule has 0 N–H and O–H groups in total. The maximum Gasteiger partial charge on any atom is 0.272 e. The predicted octanol–water partition coefficient (Wildman–Crippen LogP) is 2.56. The third-order valence-electron chi connectivity index (χ3n) is 4.48. The van der Waals surface area contributed by atoms with E-state index < -0.39 is 0 Å². The number of aryl methyl sites for hydroxylation is 1. The number of carbonyl (C=O) groups excluding carboxylic acids is 1. The summed E-state index contributed by atoms with van der Waals surface area (Å²) in [6.45, 7) is 3.52. The number of rotatable bonds is 3. The lowest BCUT2D eigenvalue weighted by Gasteiger charge is -2.47. The molecule has 2 aliphatic heterocycles. The Morgan fingerprint density at radius 2 is 2.17 bits per heavy atom. The number of nitrogens with zero attached hydrogens (tertiary/aromatic N) is 3. The van der Waals surface area contributed by atoms with Crippen molar-refractivity contribution in [3.8, 4) is 5.88 Å². The van der Waals surface area contributed by atoms with Crippen LogP contribution in [-0.4, -0.2) is 50.5 Å². The smallest absolute Gasteiger partial charge is 0.272 e. The Hall–Kier alpha value is -2.08. The van der Waals surface area contributed by atoms with Gasteiger partial charge in [0, 0.05) is 43.7 Å². The monoisotopic (exact) mass is 341 g/mol. The highest BCUT2D eigenvalue weighted by Crippen LogP contribution is 2.46. The quantitative estimate of drug-likeness (QED) is 0.859. The van der Waals surface area contributed by atoms with Crippen LogP contribution in [0.2, 0.25) is 0 Å². The van der Waals surface area contributed by atoms with Gasteiger partial charge in [0.1, 0.15) is 11.8 Å². The van der Waals surface area contributed by atoms with Gasteiger partial charge in [-0.05, 0) is 30.7 Å². The molecule has 0 aromatic carbocycles. The first-order valence-electron chi connectivity index (χ1n) is 8.07. The average Bonchev–Trinajstić information content (AvgIpc) is 2.98. The standard InChI is InChI=1S/C18H19N3O2S/c1-13-5-7-19-15(8-13)17(22)21-11-18(12-21)9-14(10-24-18)23-16-4-2-3-6-20-16/h2-8,14H,9-12H2,1H3/t14-/m1/s1. The highest BCUT2D eigenvalue weighted by molar-refractivity contribution is 8.01. The van der Waals surface area contributed by atoms with E-state index in [1.54, 1.807) is 12.4 Å². The van der Waals surface area contributed by atoms with Gasteiger partial charge in [0.2, 0.25) is 5.88 Å². The maximum atomic E-state index is 12.5. The number of pyridine rings is 2. The number of ether oxygens (including phenoxy) is 1. The van der Waals surface area contributed by atoms with Gasteiger partial charge in [-0.25, -0.2) is 4.98 Å². The summed E-state index contributed by atoms with van der Waals surface area (Å²) in [5.74, 6) is 1.65. The zero-order valence-electron chi connectivity index (χ0n) is 13.5. The van der Waals surface area contributed by atoms with E-state index in [-0.39, 0.29) is 16.8 Å². The fourth-order valence-electron chi connectivity index (χ4n) is 3.29. The molecule has 24 heavy (non-hydrogen) atoms. The summed E-state index contributed by atoms with van der Waals surface area (Å²) in [5, 5.41) is 0. The Labute approximate surface area is 145 Å². The Balaban J connectivity index is 1.34. The second-order valence-corrected chi connectivity index (χ2v) is 7.97. The molecule has 4 heterocycles. The van der Waals surface area contributed by atoms with E-state index in [1.807, 2.05) is 53.9 Å². The molecule has 5 nitrogen and oxygen atoms in total. The Bertz CT molecular complexity index is 747. The van der Waals surface area contributed by atoms with E-state index in [0.717, 1.165) is 30.8 Å². The molecule has 2 aromatic heterocycles. The van der Waals surface area contributed by atoms with Crippen LogP contribution in [0.5, 0.6) is 5.88 Å². The van der Waals surface area contributed by atoms with Crippen molar-refractivity contribution in [3.05, 3.63) is 54.0 Å². The van der Waals surface area contributed by atoms with E-state index in [0.29, 0.717) is 11.6 Å². The van der Waals surface area contributed by atoms with E-state index in [4.69, 9.17) is 4.74 Å². The van der Waals surface area contributed by atoms with Crippen LogP contribution >= 0.6 is 11.8 Å². The molecule has 0 bridgehead atoms. The number of thioether (sulfide) groups is 1. The summed E-state index contributed by atoms with van der Waals surface area (Å²) in [7, 11) is 0. The molecule has 0 radical (unpaired) electrons. The molecule has 1 atom stereocenters. The van der Waals surface area contributed by atoms with Crippen molar-refractivity contribution >= 4 is 17.7 Å². The SMILES string of the molecule is Cc1ccnc(C(=O)N2CC3(C[C@@H](Oc4ccccn4)CS3)C2)c1. The van der Waals surface area contributed by atoms with Crippen LogP contribution in [-0.2, 0) is 0 Å². The first-order chi connectivity index (χ1) is 11.6. The number of likely N-dealkylation sites (tertiary alicyclic amines) is 1. The van der Waals surface area contributed by atoms with Crippen LogP contribution in [0.15, 0.2) is 42.7 Å². The predicted molar refractivity (Wildman–Crippen MR) is 93.3 cm³/mol. The van der Waals surface area contributed by atoms with Crippen molar-refractivity contribution in [2.24, 2.45) is 0 Å². The van der Waals surface area contributed by atoms with Crippen molar-refractivity contribution in [3.63, 3.8) is 0 Å². The molecule has 2 aliphatic rings. The van der Waals surface area contributed by atoms with Crippen molar-refractivity contribution in [2.45, 2.75) is 24.2 Å². The highest BCUT2D eigenvalue weighted by Gasteiger charge is 2.51. The molecular weight excluding hydrogens is 322 g/mol. The lowest BCUT2D eigenvalue weighted by Crippen LogP contribution is -2.61. The lowest BCUT2D eigenvalue weighted by atomic mass is 9.92. The van der Waals surface area contributed by atoms with E-state index in [1.165, 1.54) is 0 Å². The molecule has 0 aliphatic carbocycles. The number of amides is 1. The molecule has 2 fully saturated rings. The van der Waals surface area contributed by atoms with Gasteiger partial charge in [-0.1, -0.05) is 6.07 Å². The summed E-state index contributed by atoms with van der Waals surface area (Å²) >= 11 is 1.91. The first kappa shape index (κ1) is 15.4. The van der Waals surface area contributed by atoms with Crippen LogP contribution < -0.4 is 4.74 Å². The van der Waals surface area contributed by atoms with Gasteiger partial charge < -0.3 is 9.64 Å². The minimum atomic E-state index is 0.0269. The summed E-state index contributed by atoms with van der Waals surface area (Å²) in [4.78, 5) is 22.8. The summed E-state index contributed by atoms with van der Waals surface area (Å²) < 4.78 is 6.09. The minimum Gasteiger partial charge on any atom is -0.473 e. The molecule has 6 heteroatoms. The third-order valence-corrected chi connectivity index (χ3v) is 6.06. The summed E-state index contributed by atoms with van der Waals surface area (Å²) in [6, 6.07) is 9.45. The molecule has 0 saturated carbocycles. The first-order valence-corrected chi connectivity index (χ1v) is 9.06. The fourth-order valence-corrected chi connectivity index (χ4v) is 4.82. The fraction of sp³-hybridized carbons (Fsp3) is 0.389. The van der Waals surface area contributed by atoms with Crippen LogP contribution in [0, 0.1) is 6.92 Å². The van der Waals surface area contributed by atoms with Crippen LogP contribution in [0.1, 0.15) is 22.5 Å². The molecule has 2 saturated heterocycles. The molecule has 0 unspecified atom stereocenters. The number of aromatic nitrogens is 2. The molecule has 4 rings (SSSR count). The van der Waals surface area contributed by atoms with Crippen molar-refractivity contribution in [2.75, 3.05) is 18.8 Å². The van der Waals surface area contributed by atoms with Crippen LogP contribution in [0.4, 0.5) is 0 Å². The third kappa shape index (κ3) is 2.98. The minimum absolute atomic E-state index is 0.0269. The number of carbonyl (C=O) groups is 1. The number of hydrogen-bond donors (Lipinski definition) is 0. The van der Waals surface area contributed by atoms with Gasteiger partial charge in [-0.3, -0.25) is 9.78 Å². The Kier molecular flexibility index (Phi) is 3.92. The van der Waals surface area contributed by atoms with Crippen LogP contribution in [0.3, 0.4) is 0 Å². The molecular formula is C18H19N3O2S. The Morgan fingerprint density at radius 1 is 1.29 bits per heavy atom. The largest absolute Gasteiger partial charge is 0.473 e. The zero-order valence-corrected chi connectivity index (χ0v) is 14.3. The molecule has 124 valence electrons. The van der Waals surface area contributed by atoms with Gasteiger partial charge in [-0.15, -0.1) is 11.8 Å². The summed E-state index contributed by atoms with van der Waals surface area (Å²) in [5.41, 5.74) is 1.59. The number of hydrogen-bond acceptors (Lipinski definition) is 5. The van der Waals surface area contributed by atoms with Gasteiger partial charge in [-0.2, -0.15) is 0 Å². The van der Waals surface area contributed by atoms with Gasteiger partial charge in [0.05, 0.1) is 4.75 Å². The molecule has 2 aromatic rings. The van der Waals surface area contributed by atoms with E-state index in [9.17, 15) is 4.79 Å². The van der Waals surface area contributed by atoms with Crippen molar-refractivity contribution in [1.29, 1.82) is 0 Å². The van der Waals surface area contributed by atoms with Gasteiger partial charge in [0.25, 0.3) is 5.91 Å². The maximum absolute atomic E-state index is 12.5. The molecule has 1 amide bonds. The Morgan fingerprint density at radius 3 is 2.92 bits per heavy atom. The van der Waals surface area contributed by atoms with E-state index >= 15 is 0 Å². The van der Waals surface area contributed by atoms with Crippen molar-refractivity contribution in [1.82, 2.24) is 14.9 Å². The highest BCUT2D eigenvalue weighted by atomic mass is 32.2. The summed E-state index contributed by atoms with van der Waals surface area (Å²) in [6.07, 6.45) is 4.56. The molecule has 1 spiro atoms.